The standard InChI is InChI=1S/C13H12FNO/c14-11-4-1-9(2-5-11)7-10-3-6-12(16)8-13(10)15/h1-6,8,16H,7,15H2. The monoisotopic (exact) mass is 217 g/mol. The first-order valence-electron chi connectivity index (χ1n) is 4.97. The lowest BCUT2D eigenvalue weighted by atomic mass is 10.0. The van der Waals surface area contributed by atoms with E-state index < -0.39 is 0 Å². The van der Waals surface area contributed by atoms with Crippen LogP contribution in [0.3, 0.4) is 0 Å². The van der Waals surface area contributed by atoms with Crippen LogP contribution in [0.15, 0.2) is 42.5 Å². The van der Waals surface area contributed by atoms with Crippen LogP contribution in [-0.4, -0.2) is 5.11 Å². The summed E-state index contributed by atoms with van der Waals surface area (Å²) in [6, 6.07) is 11.2. The van der Waals surface area contributed by atoms with Crippen molar-refractivity contribution in [2.75, 3.05) is 5.73 Å². The van der Waals surface area contributed by atoms with E-state index in [-0.39, 0.29) is 11.6 Å². The third kappa shape index (κ3) is 2.31. The van der Waals surface area contributed by atoms with E-state index in [4.69, 9.17) is 5.73 Å². The summed E-state index contributed by atoms with van der Waals surface area (Å²) in [6.45, 7) is 0. The molecule has 0 saturated heterocycles. The van der Waals surface area contributed by atoms with Crippen LogP contribution in [0.2, 0.25) is 0 Å². The Balaban J connectivity index is 2.23. The van der Waals surface area contributed by atoms with Crippen LogP contribution < -0.4 is 5.73 Å². The van der Waals surface area contributed by atoms with Crippen molar-refractivity contribution in [2.24, 2.45) is 0 Å². The predicted octanol–water partition coefficient (Wildman–Crippen LogP) is 2.70. The smallest absolute Gasteiger partial charge is 0.123 e. The van der Waals surface area contributed by atoms with Gasteiger partial charge in [0.1, 0.15) is 11.6 Å². The molecule has 0 aliphatic carbocycles. The second kappa shape index (κ2) is 4.23. The van der Waals surface area contributed by atoms with Gasteiger partial charge in [0.15, 0.2) is 0 Å². The molecule has 0 aromatic heterocycles. The van der Waals surface area contributed by atoms with E-state index in [1.165, 1.54) is 18.2 Å². The van der Waals surface area contributed by atoms with E-state index in [9.17, 15) is 9.50 Å². The molecule has 0 aliphatic heterocycles. The first-order chi connectivity index (χ1) is 7.65. The number of phenolic OH excluding ortho intramolecular Hbond substituents is 1. The van der Waals surface area contributed by atoms with Crippen molar-refractivity contribution in [3.8, 4) is 5.75 Å². The Bertz CT molecular complexity index is 494. The Hall–Kier alpha value is -2.03. The second-order valence-electron chi connectivity index (χ2n) is 3.69. The van der Waals surface area contributed by atoms with Gasteiger partial charge < -0.3 is 10.8 Å². The third-order valence-corrected chi connectivity index (χ3v) is 2.44. The minimum absolute atomic E-state index is 0.153. The fourth-order valence-electron chi connectivity index (χ4n) is 1.57. The summed E-state index contributed by atoms with van der Waals surface area (Å²) in [6.07, 6.45) is 0.631. The minimum atomic E-state index is -0.248. The van der Waals surface area contributed by atoms with Crippen molar-refractivity contribution in [2.45, 2.75) is 6.42 Å². The maximum atomic E-state index is 12.7. The average molecular weight is 217 g/mol. The van der Waals surface area contributed by atoms with Crippen LogP contribution in [-0.2, 0) is 6.42 Å². The Morgan fingerprint density at radius 2 is 1.75 bits per heavy atom. The lowest BCUT2D eigenvalue weighted by Crippen LogP contribution is -1.95. The van der Waals surface area contributed by atoms with E-state index in [1.54, 1.807) is 24.3 Å². The Morgan fingerprint density at radius 3 is 2.38 bits per heavy atom. The van der Waals surface area contributed by atoms with Gasteiger partial charge in [-0.1, -0.05) is 18.2 Å². The van der Waals surface area contributed by atoms with Gasteiger partial charge in [0.25, 0.3) is 0 Å². The highest BCUT2D eigenvalue weighted by molar-refractivity contribution is 5.52. The molecule has 2 nitrogen and oxygen atoms in total. The van der Waals surface area contributed by atoms with Crippen molar-refractivity contribution < 1.29 is 9.50 Å². The summed E-state index contributed by atoms with van der Waals surface area (Å²) in [5.41, 5.74) is 8.22. The van der Waals surface area contributed by atoms with Crippen LogP contribution in [0.1, 0.15) is 11.1 Å². The summed E-state index contributed by atoms with van der Waals surface area (Å²) >= 11 is 0. The highest BCUT2D eigenvalue weighted by Crippen LogP contribution is 2.21. The van der Waals surface area contributed by atoms with Gasteiger partial charge in [0, 0.05) is 11.8 Å². The first-order valence-corrected chi connectivity index (χ1v) is 4.97. The quantitative estimate of drug-likeness (QED) is 0.760. The molecule has 0 saturated carbocycles. The van der Waals surface area contributed by atoms with Crippen molar-refractivity contribution in [1.82, 2.24) is 0 Å². The van der Waals surface area contributed by atoms with Crippen LogP contribution in [0, 0.1) is 5.82 Å². The molecule has 0 aliphatic rings. The number of aromatic hydroxyl groups is 1. The van der Waals surface area contributed by atoms with E-state index in [2.05, 4.69) is 0 Å². The van der Waals surface area contributed by atoms with Crippen LogP contribution in [0.25, 0.3) is 0 Å². The Labute approximate surface area is 93.2 Å². The van der Waals surface area contributed by atoms with Crippen molar-refractivity contribution in [1.29, 1.82) is 0 Å². The maximum absolute atomic E-state index is 12.7. The minimum Gasteiger partial charge on any atom is -0.508 e. The van der Waals surface area contributed by atoms with Gasteiger partial charge in [0.05, 0.1) is 0 Å². The van der Waals surface area contributed by atoms with Crippen molar-refractivity contribution >= 4 is 5.69 Å². The fourth-order valence-corrected chi connectivity index (χ4v) is 1.57. The number of benzene rings is 2. The molecular weight excluding hydrogens is 205 g/mol. The highest BCUT2D eigenvalue weighted by atomic mass is 19.1. The molecule has 0 heterocycles. The number of rotatable bonds is 2. The molecule has 0 bridgehead atoms. The van der Waals surface area contributed by atoms with E-state index in [0.717, 1.165) is 11.1 Å². The summed E-state index contributed by atoms with van der Waals surface area (Å²) < 4.78 is 12.7. The summed E-state index contributed by atoms with van der Waals surface area (Å²) in [7, 11) is 0. The number of nitrogen functional groups attached to an aromatic ring is 1. The summed E-state index contributed by atoms with van der Waals surface area (Å²) in [5, 5.41) is 9.21. The van der Waals surface area contributed by atoms with Crippen LogP contribution >= 0.6 is 0 Å². The average Bonchev–Trinajstić information content (AvgIpc) is 2.25. The van der Waals surface area contributed by atoms with Gasteiger partial charge in [-0.25, -0.2) is 4.39 Å². The van der Waals surface area contributed by atoms with Gasteiger partial charge in [-0.15, -0.1) is 0 Å². The van der Waals surface area contributed by atoms with Gasteiger partial charge in [-0.2, -0.15) is 0 Å². The zero-order chi connectivity index (χ0) is 11.5. The number of halogens is 1. The van der Waals surface area contributed by atoms with Crippen molar-refractivity contribution in [3.05, 3.63) is 59.4 Å². The fraction of sp³-hybridized carbons (Fsp3) is 0.0769. The van der Waals surface area contributed by atoms with Crippen LogP contribution in [0.5, 0.6) is 5.75 Å². The van der Waals surface area contributed by atoms with E-state index in [0.29, 0.717) is 12.1 Å². The molecule has 3 N–H and O–H groups in total. The van der Waals surface area contributed by atoms with E-state index >= 15 is 0 Å². The number of phenols is 1. The molecule has 0 unspecified atom stereocenters. The zero-order valence-electron chi connectivity index (χ0n) is 8.65. The molecule has 0 amide bonds. The van der Waals surface area contributed by atoms with Gasteiger partial charge in [-0.05, 0) is 35.7 Å². The number of hydrogen-bond acceptors (Lipinski definition) is 2. The molecule has 16 heavy (non-hydrogen) atoms. The third-order valence-electron chi connectivity index (χ3n) is 2.44. The van der Waals surface area contributed by atoms with Crippen molar-refractivity contribution in [3.63, 3.8) is 0 Å². The van der Waals surface area contributed by atoms with Gasteiger partial charge in [0.2, 0.25) is 0 Å². The highest BCUT2D eigenvalue weighted by Gasteiger charge is 2.02. The van der Waals surface area contributed by atoms with Gasteiger partial charge in [-0.3, -0.25) is 0 Å². The molecule has 2 aromatic carbocycles. The topological polar surface area (TPSA) is 46.2 Å². The molecule has 3 heteroatoms. The van der Waals surface area contributed by atoms with Crippen LogP contribution in [0.4, 0.5) is 10.1 Å². The molecule has 0 spiro atoms. The molecule has 0 atom stereocenters. The SMILES string of the molecule is Nc1cc(O)ccc1Cc1ccc(F)cc1. The molecule has 2 rings (SSSR count). The first kappa shape index (κ1) is 10.5. The Kier molecular flexibility index (Phi) is 2.77. The molecule has 2 aromatic rings. The van der Waals surface area contributed by atoms with E-state index in [1.807, 2.05) is 0 Å². The number of anilines is 1. The van der Waals surface area contributed by atoms with Gasteiger partial charge >= 0.3 is 0 Å². The number of hydrogen-bond donors (Lipinski definition) is 2. The molecule has 82 valence electrons. The lowest BCUT2D eigenvalue weighted by molar-refractivity contribution is 0.475. The molecule has 0 radical (unpaired) electrons. The maximum Gasteiger partial charge on any atom is 0.123 e. The second-order valence-corrected chi connectivity index (χ2v) is 3.69. The normalized spacial score (nSPS) is 10.3. The zero-order valence-corrected chi connectivity index (χ0v) is 8.65. The summed E-state index contributed by atoms with van der Waals surface area (Å²) in [5.74, 6) is -0.0946. The molecule has 0 fully saturated rings. The summed E-state index contributed by atoms with van der Waals surface area (Å²) in [4.78, 5) is 0. The largest absolute Gasteiger partial charge is 0.508 e. The molecular formula is C13H12FNO. The Morgan fingerprint density at radius 1 is 1.06 bits per heavy atom. The number of nitrogens with two attached hydrogens (primary N) is 1. The predicted molar refractivity (Wildman–Crippen MR) is 61.7 cm³/mol. The lowest BCUT2D eigenvalue weighted by Gasteiger charge is -2.06.